The van der Waals surface area contributed by atoms with Crippen molar-refractivity contribution in [3.05, 3.63) is 68.4 Å². The highest BCUT2D eigenvalue weighted by atomic mass is 16.5. The number of dihydropyridines is 1. The Morgan fingerprint density at radius 1 is 0.967 bits per heavy atom. The second-order valence-electron chi connectivity index (χ2n) is 7.09. The summed E-state index contributed by atoms with van der Waals surface area (Å²) in [5.74, 6) is -1.92. The molecular weight excluding hydrogens is 386 g/mol. The molecule has 7 heteroatoms. The number of hydrogen-bond donors (Lipinski definition) is 1. The van der Waals surface area contributed by atoms with Crippen LogP contribution in [0, 0.1) is 6.92 Å². The largest absolute Gasteiger partial charge is 0.463 e. The highest BCUT2D eigenvalue weighted by Crippen LogP contribution is 2.39. The fourth-order valence-corrected chi connectivity index (χ4v) is 3.67. The van der Waals surface area contributed by atoms with Gasteiger partial charge in [0.1, 0.15) is 11.3 Å². The van der Waals surface area contributed by atoms with E-state index in [2.05, 4.69) is 5.32 Å². The number of fused-ring (bicyclic) bond motifs is 1. The van der Waals surface area contributed by atoms with Gasteiger partial charge in [-0.2, -0.15) is 0 Å². The van der Waals surface area contributed by atoms with Gasteiger partial charge >= 0.3 is 11.9 Å². The lowest BCUT2D eigenvalue weighted by Gasteiger charge is -2.29. The van der Waals surface area contributed by atoms with Gasteiger partial charge < -0.3 is 19.2 Å². The number of aryl methyl sites for hydroxylation is 1. The van der Waals surface area contributed by atoms with Gasteiger partial charge in [0.25, 0.3) is 0 Å². The van der Waals surface area contributed by atoms with E-state index in [-0.39, 0.29) is 35.5 Å². The Kier molecular flexibility index (Phi) is 6.10. The molecular formula is C23H25NO6. The van der Waals surface area contributed by atoms with Crippen molar-refractivity contribution in [1.82, 2.24) is 5.32 Å². The van der Waals surface area contributed by atoms with Gasteiger partial charge in [0.05, 0.1) is 35.7 Å². The van der Waals surface area contributed by atoms with Gasteiger partial charge in [0, 0.05) is 17.5 Å². The monoisotopic (exact) mass is 411 g/mol. The molecule has 1 aliphatic rings. The number of carbonyl (C=O) groups is 2. The normalized spacial score (nSPS) is 14.7. The summed E-state index contributed by atoms with van der Waals surface area (Å²) in [4.78, 5) is 38.4. The molecule has 1 aromatic carbocycles. The Labute approximate surface area is 174 Å². The van der Waals surface area contributed by atoms with E-state index in [1.807, 2.05) is 13.0 Å². The second-order valence-corrected chi connectivity index (χ2v) is 7.09. The molecule has 0 aliphatic carbocycles. The first-order valence-electron chi connectivity index (χ1n) is 9.85. The molecule has 0 spiro atoms. The minimum absolute atomic E-state index is 0.167. The third-order valence-electron chi connectivity index (χ3n) is 4.94. The number of carbonyl (C=O) groups excluding carboxylic acids is 2. The van der Waals surface area contributed by atoms with Crippen molar-refractivity contribution in [2.45, 2.75) is 40.5 Å². The average Bonchev–Trinajstić information content (AvgIpc) is 2.68. The van der Waals surface area contributed by atoms with Gasteiger partial charge in [-0.25, -0.2) is 9.59 Å². The van der Waals surface area contributed by atoms with E-state index in [1.165, 1.54) is 6.07 Å². The molecule has 3 rings (SSSR count). The SMILES string of the molecule is CCOC(=O)C1=C(C)NC(C)=C(C(=O)OCC)C1c1cc(=O)c2cc(C)ccc2o1. The second kappa shape index (κ2) is 8.57. The minimum atomic E-state index is -0.928. The fourth-order valence-electron chi connectivity index (χ4n) is 3.67. The van der Waals surface area contributed by atoms with Crippen LogP contribution in [-0.2, 0) is 19.1 Å². The van der Waals surface area contributed by atoms with E-state index >= 15 is 0 Å². The molecule has 1 aliphatic heterocycles. The van der Waals surface area contributed by atoms with Crippen molar-refractivity contribution in [2.24, 2.45) is 0 Å². The molecule has 30 heavy (non-hydrogen) atoms. The molecule has 158 valence electrons. The molecule has 0 saturated carbocycles. The molecule has 0 saturated heterocycles. The zero-order valence-corrected chi connectivity index (χ0v) is 17.8. The standard InChI is InChI=1S/C23H25NO6/c1-6-28-22(26)19-13(4)24-14(5)20(23(27)29-7-2)21(19)18-11-16(25)15-10-12(3)8-9-17(15)30-18/h8-11,21,24H,6-7H2,1-5H3. The Balaban J connectivity index is 2.27. The van der Waals surface area contributed by atoms with Gasteiger partial charge in [-0.3, -0.25) is 4.79 Å². The number of rotatable bonds is 5. The highest BCUT2D eigenvalue weighted by Gasteiger charge is 2.39. The maximum absolute atomic E-state index is 12.8. The molecule has 0 fully saturated rings. The van der Waals surface area contributed by atoms with Crippen molar-refractivity contribution in [1.29, 1.82) is 0 Å². The van der Waals surface area contributed by atoms with Gasteiger partial charge in [-0.05, 0) is 46.8 Å². The van der Waals surface area contributed by atoms with Gasteiger partial charge in [-0.15, -0.1) is 0 Å². The van der Waals surface area contributed by atoms with Crippen molar-refractivity contribution in [3.8, 4) is 0 Å². The predicted octanol–water partition coefficient (Wildman–Crippen LogP) is 3.46. The Morgan fingerprint density at radius 2 is 1.53 bits per heavy atom. The Hall–Kier alpha value is -3.35. The Morgan fingerprint density at radius 3 is 2.07 bits per heavy atom. The zero-order chi connectivity index (χ0) is 22.0. The van der Waals surface area contributed by atoms with Crippen LogP contribution >= 0.6 is 0 Å². The zero-order valence-electron chi connectivity index (χ0n) is 17.8. The van der Waals surface area contributed by atoms with Crippen molar-refractivity contribution >= 4 is 22.9 Å². The summed E-state index contributed by atoms with van der Waals surface area (Å²) in [5.41, 5.74) is 2.51. The number of allylic oxidation sites excluding steroid dienone is 2. The molecule has 0 atom stereocenters. The lowest BCUT2D eigenvalue weighted by Crippen LogP contribution is -2.33. The molecule has 1 N–H and O–H groups in total. The van der Waals surface area contributed by atoms with Crippen molar-refractivity contribution in [2.75, 3.05) is 13.2 Å². The van der Waals surface area contributed by atoms with Crippen LogP contribution in [0.2, 0.25) is 0 Å². The molecule has 0 amide bonds. The summed E-state index contributed by atoms with van der Waals surface area (Å²) in [6.45, 7) is 9.05. The van der Waals surface area contributed by atoms with E-state index in [4.69, 9.17) is 13.9 Å². The van der Waals surface area contributed by atoms with Crippen LogP contribution in [0.1, 0.15) is 44.9 Å². The smallest absolute Gasteiger partial charge is 0.336 e. The number of benzene rings is 1. The first-order valence-corrected chi connectivity index (χ1v) is 9.85. The molecule has 0 bridgehead atoms. The lowest BCUT2D eigenvalue weighted by molar-refractivity contribution is -0.139. The summed E-state index contributed by atoms with van der Waals surface area (Å²) in [5, 5.41) is 3.49. The van der Waals surface area contributed by atoms with Crippen LogP contribution in [0.4, 0.5) is 0 Å². The third-order valence-corrected chi connectivity index (χ3v) is 4.94. The van der Waals surface area contributed by atoms with E-state index in [0.29, 0.717) is 22.4 Å². The fraction of sp³-hybridized carbons (Fsp3) is 0.348. The number of nitrogens with one attached hydrogen (secondary N) is 1. The molecule has 0 unspecified atom stereocenters. The van der Waals surface area contributed by atoms with Crippen molar-refractivity contribution in [3.63, 3.8) is 0 Å². The molecule has 1 aromatic heterocycles. The molecule has 7 nitrogen and oxygen atoms in total. The summed E-state index contributed by atoms with van der Waals surface area (Å²) in [6.07, 6.45) is 0. The number of esters is 2. The average molecular weight is 411 g/mol. The van der Waals surface area contributed by atoms with Gasteiger partial charge in [0.2, 0.25) is 0 Å². The first-order chi connectivity index (χ1) is 14.3. The highest BCUT2D eigenvalue weighted by molar-refractivity contribution is 5.99. The topological polar surface area (TPSA) is 94.8 Å². The lowest BCUT2D eigenvalue weighted by atomic mass is 9.83. The number of hydrogen-bond acceptors (Lipinski definition) is 7. The minimum Gasteiger partial charge on any atom is -0.463 e. The van der Waals surface area contributed by atoms with E-state index in [0.717, 1.165) is 5.56 Å². The maximum Gasteiger partial charge on any atom is 0.336 e. The molecule has 2 heterocycles. The predicted molar refractivity (Wildman–Crippen MR) is 112 cm³/mol. The van der Waals surface area contributed by atoms with Crippen LogP contribution in [-0.4, -0.2) is 25.2 Å². The number of ether oxygens (including phenoxy) is 2. The van der Waals surface area contributed by atoms with Crippen LogP contribution in [0.15, 0.2) is 56.0 Å². The van der Waals surface area contributed by atoms with E-state index in [9.17, 15) is 14.4 Å². The quantitative estimate of drug-likeness (QED) is 0.753. The van der Waals surface area contributed by atoms with Crippen LogP contribution in [0.3, 0.4) is 0 Å². The maximum atomic E-state index is 12.8. The summed E-state index contributed by atoms with van der Waals surface area (Å²) in [7, 11) is 0. The van der Waals surface area contributed by atoms with Crippen LogP contribution < -0.4 is 10.7 Å². The van der Waals surface area contributed by atoms with Crippen LogP contribution in [0.5, 0.6) is 0 Å². The van der Waals surface area contributed by atoms with Gasteiger partial charge in [-0.1, -0.05) is 11.6 Å². The van der Waals surface area contributed by atoms with E-state index in [1.54, 1.807) is 39.8 Å². The van der Waals surface area contributed by atoms with Crippen molar-refractivity contribution < 1.29 is 23.5 Å². The summed E-state index contributed by atoms with van der Waals surface area (Å²) >= 11 is 0. The van der Waals surface area contributed by atoms with E-state index < -0.39 is 17.9 Å². The summed E-state index contributed by atoms with van der Waals surface area (Å²) < 4.78 is 16.5. The first kappa shape index (κ1) is 21.4. The van der Waals surface area contributed by atoms with Crippen LogP contribution in [0.25, 0.3) is 11.0 Å². The third kappa shape index (κ3) is 3.87. The summed E-state index contributed by atoms with van der Waals surface area (Å²) in [6, 6.07) is 6.61. The molecule has 2 aromatic rings. The van der Waals surface area contributed by atoms with Gasteiger partial charge in [0.15, 0.2) is 5.43 Å². The Bertz CT molecular complexity index is 1100. The molecule has 0 radical (unpaired) electrons.